The number of nitrogens with one attached hydrogen (secondary N) is 1. The summed E-state index contributed by atoms with van der Waals surface area (Å²) in [6.45, 7) is 3.86. The Morgan fingerprint density at radius 3 is 2.59 bits per heavy atom. The maximum atomic E-state index is 11.6. The zero-order chi connectivity index (χ0) is 13.1. The second-order valence-corrected chi connectivity index (χ2v) is 6.75. The average Bonchev–Trinajstić information content (AvgIpc) is 2.67. The Hall–Kier alpha value is -0.290. The summed E-state index contributed by atoms with van der Waals surface area (Å²) in [4.78, 5) is 15.6. The molecule has 94 valence electrons. The van der Waals surface area contributed by atoms with Crippen molar-refractivity contribution in [2.45, 2.75) is 17.6 Å². The predicted molar refractivity (Wildman–Crippen MR) is 74.0 cm³/mol. The second-order valence-electron chi connectivity index (χ2n) is 3.58. The zero-order valence-electron chi connectivity index (χ0n) is 9.21. The number of carbonyl (C=O) groups is 1. The fourth-order valence-electron chi connectivity index (χ4n) is 0.979. The minimum Gasteiger partial charge on any atom is -0.335 e. The lowest BCUT2D eigenvalue weighted by Gasteiger charge is -2.13. The third kappa shape index (κ3) is 4.84. The molecule has 0 aromatic carbocycles. The number of thiazole rings is 1. The Balaban J connectivity index is 2.87. The predicted octanol–water partition coefficient (Wildman–Crippen LogP) is 4.03. The van der Waals surface area contributed by atoms with E-state index in [2.05, 4.69) is 10.3 Å². The minimum atomic E-state index is -1.93. The van der Waals surface area contributed by atoms with Gasteiger partial charge < -0.3 is 5.32 Å². The molecule has 0 unspecified atom stereocenters. The van der Waals surface area contributed by atoms with Crippen molar-refractivity contribution in [2.24, 2.45) is 5.92 Å². The Morgan fingerprint density at radius 2 is 2.18 bits per heavy atom. The average molecular weight is 314 g/mol. The van der Waals surface area contributed by atoms with Crippen molar-refractivity contribution in [1.82, 2.24) is 4.98 Å². The van der Waals surface area contributed by atoms with Gasteiger partial charge in [-0.15, -0.1) is 11.3 Å². The van der Waals surface area contributed by atoms with Gasteiger partial charge in [0.1, 0.15) is 0 Å². The monoisotopic (exact) mass is 312 g/mol. The maximum absolute atomic E-state index is 11.6. The summed E-state index contributed by atoms with van der Waals surface area (Å²) in [5, 5.41) is 5.56. The number of carbonyl (C=O) groups excluding carboxylic acids is 1. The summed E-state index contributed by atoms with van der Waals surface area (Å²) in [6, 6.07) is 0. The number of halogens is 3. The molecule has 1 aromatic rings. The molecule has 1 N–H and O–H groups in total. The van der Waals surface area contributed by atoms with Crippen LogP contribution in [0.3, 0.4) is 0 Å². The van der Waals surface area contributed by atoms with E-state index < -0.39 is 9.58 Å². The van der Waals surface area contributed by atoms with Gasteiger partial charge in [-0.05, 0) is 5.92 Å². The van der Waals surface area contributed by atoms with Crippen molar-refractivity contribution in [3.8, 4) is 0 Å². The third-order valence-electron chi connectivity index (χ3n) is 1.87. The molecule has 1 aromatic heterocycles. The van der Waals surface area contributed by atoms with Crippen LogP contribution >= 0.6 is 46.1 Å². The lowest BCUT2D eigenvalue weighted by atomic mass is 10.1. The Bertz CT molecular complexity index is 410. The first-order valence-electron chi connectivity index (χ1n) is 4.80. The molecule has 0 radical (unpaired) electrons. The standard InChI is InChI=1S/C10H11Cl3N2OS/c1-6(2)7(5-8(16)10(11,12)13)15-9-14-3-4-17-9/h3-6H,1-2H3,(H,14,15)/b7-5+. The molecule has 0 atom stereocenters. The molecule has 0 aliphatic heterocycles. The highest BCUT2D eigenvalue weighted by atomic mass is 35.6. The molecule has 0 spiro atoms. The van der Waals surface area contributed by atoms with E-state index in [4.69, 9.17) is 34.8 Å². The van der Waals surface area contributed by atoms with Crippen LogP contribution in [0.15, 0.2) is 23.3 Å². The molecule has 0 saturated carbocycles. The van der Waals surface area contributed by atoms with E-state index >= 15 is 0 Å². The summed E-state index contributed by atoms with van der Waals surface area (Å²) in [5.74, 6) is -0.481. The number of nitrogens with zero attached hydrogens (tertiary/aromatic N) is 1. The van der Waals surface area contributed by atoms with E-state index in [1.807, 2.05) is 19.2 Å². The third-order valence-corrected chi connectivity index (χ3v) is 3.12. The number of aromatic nitrogens is 1. The summed E-state index contributed by atoms with van der Waals surface area (Å²) in [6.07, 6.45) is 2.97. The molecule has 1 rings (SSSR count). The van der Waals surface area contributed by atoms with Gasteiger partial charge in [-0.2, -0.15) is 0 Å². The number of ketones is 1. The van der Waals surface area contributed by atoms with Crippen LogP contribution in [-0.4, -0.2) is 14.6 Å². The van der Waals surface area contributed by atoms with Crippen LogP contribution in [-0.2, 0) is 4.79 Å². The van der Waals surface area contributed by atoms with Gasteiger partial charge in [0.15, 0.2) is 5.13 Å². The molecule has 0 fully saturated rings. The number of hydrogen-bond acceptors (Lipinski definition) is 4. The highest BCUT2D eigenvalue weighted by molar-refractivity contribution is 7.13. The van der Waals surface area contributed by atoms with E-state index in [1.54, 1.807) is 6.20 Å². The van der Waals surface area contributed by atoms with Gasteiger partial charge in [0.05, 0.1) is 0 Å². The smallest absolute Gasteiger partial charge is 0.252 e. The van der Waals surface area contributed by atoms with Gasteiger partial charge >= 0.3 is 0 Å². The molecule has 1 heterocycles. The van der Waals surface area contributed by atoms with Gasteiger partial charge in [0.25, 0.3) is 3.79 Å². The number of alkyl halides is 3. The fourth-order valence-corrected chi connectivity index (χ4v) is 1.69. The van der Waals surface area contributed by atoms with Crippen molar-refractivity contribution in [2.75, 3.05) is 5.32 Å². The first-order chi connectivity index (χ1) is 7.80. The quantitative estimate of drug-likeness (QED) is 0.674. The Morgan fingerprint density at radius 1 is 1.53 bits per heavy atom. The summed E-state index contributed by atoms with van der Waals surface area (Å²) in [5.41, 5.74) is 0.663. The number of anilines is 1. The summed E-state index contributed by atoms with van der Waals surface area (Å²) < 4.78 is -1.93. The Labute approximate surface area is 119 Å². The van der Waals surface area contributed by atoms with Crippen LogP contribution < -0.4 is 5.32 Å². The van der Waals surface area contributed by atoms with Gasteiger partial charge in [0.2, 0.25) is 5.78 Å². The first kappa shape index (κ1) is 14.8. The molecule has 0 bridgehead atoms. The van der Waals surface area contributed by atoms with E-state index in [-0.39, 0.29) is 5.92 Å². The van der Waals surface area contributed by atoms with Crippen molar-refractivity contribution >= 4 is 57.1 Å². The van der Waals surface area contributed by atoms with Gasteiger partial charge in [-0.1, -0.05) is 48.7 Å². The summed E-state index contributed by atoms with van der Waals surface area (Å²) in [7, 11) is 0. The van der Waals surface area contributed by atoms with E-state index in [9.17, 15) is 4.79 Å². The molecule has 0 saturated heterocycles. The van der Waals surface area contributed by atoms with E-state index in [0.717, 1.165) is 0 Å². The topological polar surface area (TPSA) is 42.0 Å². The second kappa shape index (κ2) is 6.05. The fraction of sp³-hybridized carbons (Fsp3) is 0.400. The molecule has 17 heavy (non-hydrogen) atoms. The number of rotatable bonds is 4. The van der Waals surface area contributed by atoms with E-state index in [0.29, 0.717) is 10.8 Å². The largest absolute Gasteiger partial charge is 0.335 e. The molecular weight excluding hydrogens is 303 g/mol. The molecular formula is C10H11Cl3N2OS. The van der Waals surface area contributed by atoms with Gasteiger partial charge in [0, 0.05) is 23.3 Å². The summed E-state index contributed by atoms with van der Waals surface area (Å²) >= 11 is 18.0. The van der Waals surface area contributed by atoms with Crippen molar-refractivity contribution < 1.29 is 4.79 Å². The molecule has 3 nitrogen and oxygen atoms in total. The minimum absolute atomic E-state index is 0.0928. The molecule has 0 aliphatic carbocycles. The normalized spacial score (nSPS) is 12.9. The van der Waals surface area contributed by atoms with Crippen LogP contribution in [0.2, 0.25) is 0 Å². The van der Waals surface area contributed by atoms with E-state index in [1.165, 1.54) is 17.4 Å². The number of hydrogen-bond donors (Lipinski definition) is 1. The van der Waals surface area contributed by atoms with Crippen LogP contribution in [0.5, 0.6) is 0 Å². The van der Waals surface area contributed by atoms with Crippen molar-refractivity contribution in [1.29, 1.82) is 0 Å². The lowest BCUT2D eigenvalue weighted by molar-refractivity contribution is -0.113. The molecule has 0 aliphatic rings. The van der Waals surface area contributed by atoms with Crippen LogP contribution in [0.25, 0.3) is 0 Å². The van der Waals surface area contributed by atoms with Crippen molar-refractivity contribution in [3.63, 3.8) is 0 Å². The van der Waals surface area contributed by atoms with Crippen LogP contribution in [0, 0.1) is 5.92 Å². The maximum Gasteiger partial charge on any atom is 0.252 e. The highest BCUT2D eigenvalue weighted by Gasteiger charge is 2.29. The lowest BCUT2D eigenvalue weighted by Crippen LogP contribution is -2.19. The Kier molecular flexibility index (Phi) is 5.25. The van der Waals surface area contributed by atoms with Gasteiger partial charge in [-0.3, -0.25) is 4.79 Å². The molecule has 7 heteroatoms. The highest BCUT2D eigenvalue weighted by Crippen LogP contribution is 2.29. The van der Waals surface area contributed by atoms with Gasteiger partial charge in [-0.25, -0.2) is 4.98 Å². The van der Waals surface area contributed by atoms with Crippen molar-refractivity contribution in [3.05, 3.63) is 23.3 Å². The number of allylic oxidation sites excluding steroid dienone is 2. The first-order valence-corrected chi connectivity index (χ1v) is 6.81. The van der Waals surface area contributed by atoms with Crippen LogP contribution in [0.1, 0.15) is 13.8 Å². The molecule has 0 amide bonds. The zero-order valence-corrected chi connectivity index (χ0v) is 12.3. The van der Waals surface area contributed by atoms with Crippen LogP contribution in [0.4, 0.5) is 5.13 Å². The SMILES string of the molecule is CC(C)/C(=C\C(=O)C(Cl)(Cl)Cl)Nc1nccs1.